The average molecular weight is 448 g/mol. The maximum absolute atomic E-state index is 13.4. The first kappa shape index (κ1) is 23.1. The van der Waals surface area contributed by atoms with Gasteiger partial charge in [0, 0.05) is 25.7 Å². The summed E-state index contributed by atoms with van der Waals surface area (Å²) >= 11 is 0. The Morgan fingerprint density at radius 3 is 2.38 bits per heavy atom. The van der Waals surface area contributed by atoms with E-state index in [0.29, 0.717) is 38.3 Å². The zero-order valence-corrected chi connectivity index (χ0v) is 18.1. The smallest absolute Gasteiger partial charge is 0.162 e. The lowest BCUT2D eigenvalue weighted by Crippen LogP contribution is -2.62. The number of nitrogens with zero attached hydrogens (tertiary/aromatic N) is 1. The van der Waals surface area contributed by atoms with Crippen LogP contribution in [0, 0.1) is 11.6 Å². The fourth-order valence-electron chi connectivity index (χ4n) is 4.98. The van der Waals surface area contributed by atoms with Gasteiger partial charge in [0.25, 0.3) is 0 Å². The summed E-state index contributed by atoms with van der Waals surface area (Å²) in [5.74, 6) is -1.48. The molecule has 2 atom stereocenters. The summed E-state index contributed by atoms with van der Waals surface area (Å²) in [6.07, 6.45) is 2.49. The predicted octanol–water partition coefficient (Wildman–Crippen LogP) is 3.23. The molecule has 1 saturated heterocycles. The second kappa shape index (κ2) is 9.43. The molecule has 0 aromatic heterocycles. The van der Waals surface area contributed by atoms with Gasteiger partial charge in [0.1, 0.15) is 18.0 Å². The molecule has 0 unspecified atom stereocenters. The van der Waals surface area contributed by atoms with Gasteiger partial charge in [0.15, 0.2) is 11.6 Å². The highest BCUT2D eigenvalue weighted by molar-refractivity contribution is 5.24. The first-order valence-electron chi connectivity index (χ1n) is 11.2. The number of aliphatic hydroxyl groups is 3. The molecule has 1 saturated carbocycles. The number of β-amino-alcohol motifs (C(OH)–C–C–N with tert-alkyl or cyclic N) is 2. The van der Waals surface area contributed by atoms with Crippen LogP contribution >= 0.6 is 0 Å². The van der Waals surface area contributed by atoms with Crippen LogP contribution in [0.15, 0.2) is 48.5 Å². The Hall–Kier alpha value is -2.06. The summed E-state index contributed by atoms with van der Waals surface area (Å²) < 4.78 is 32.0. The summed E-state index contributed by atoms with van der Waals surface area (Å²) in [5.41, 5.74) is -1.10. The number of piperidine rings is 1. The largest absolute Gasteiger partial charge is 0.490 e. The van der Waals surface area contributed by atoms with Gasteiger partial charge < -0.3 is 20.1 Å². The maximum Gasteiger partial charge on any atom is 0.162 e. The van der Waals surface area contributed by atoms with Gasteiger partial charge in [-0.25, -0.2) is 8.78 Å². The van der Waals surface area contributed by atoms with E-state index in [0.717, 1.165) is 25.0 Å². The number of aliphatic hydroxyl groups excluding tert-OH is 1. The molecule has 0 amide bonds. The SMILES string of the molecule is O[C@H]1CCN(CC2(O)CCC(c3ccccc3)CC2)C[C@]1(O)COc1ccc(F)c(F)c1. The van der Waals surface area contributed by atoms with Crippen molar-refractivity contribution in [2.75, 3.05) is 26.2 Å². The molecule has 2 aromatic carbocycles. The van der Waals surface area contributed by atoms with E-state index >= 15 is 0 Å². The predicted molar refractivity (Wildman–Crippen MR) is 116 cm³/mol. The topological polar surface area (TPSA) is 73.2 Å². The highest BCUT2D eigenvalue weighted by atomic mass is 19.2. The van der Waals surface area contributed by atoms with Gasteiger partial charge in [-0.1, -0.05) is 30.3 Å². The third-order valence-electron chi connectivity index (χ3n) is 6.92. The number of hydrogen-bond acceptors (Lipinski definition) is 5. The molecule has 1 heterocycles. The van der Waals surface area contributed by atoms with E-state index < -0.39 is 28.9 Å². The van der Waals surface area contributed by atoms with Crippen molar-refractivity contribution in [3.8, 4) is 5.75 Å². The van der Waals surface area contributed by atoms with Crippen LogP contribution in [0.25, 0.3) is 0 Å². The zero-order chi connectivity index (χ0) is 22.8. The Labute approximate surface area is 187 Å². The lowest BCUT2D eigenvalue weighted by Gasteiger charge is -2.46. The van der Waals surface area contributed by atoms with Crippen LogP contribution in [-0.2, 0) is 0 Å². The van der Waals surface area contributed by atoms with Gasteiger partial charge in [-0.2, -0.15) is 0 Å². The summed E-state index contributed by atoms with van der Waals surface area (Å²) in [6, 6.07) is 13.5. The first-order chi connectivity index (χ1) is 15.3. The molecule has 174 valence electrons. The summed E-state index contributed by atoms with van der Waals surface area (Å²) in [5, 5.41) is 32.6. The first-order valence-corrected chi connectivity index (χ1v) is 11.2. The highest BCUT2D eigenvalue weighted by Gasteiger charge is 2.44. The van der Waals surface area contributed by atoms with Crippen LogP contribution in [0.1, 0.15) is 43.6 Å². The van der Waals surface area contributed by atoms with Crippen LogP contribution in [0.2, 0.25) is 0 Å². The van der Waals surface area contributed by atoms with Gasteiger partial charge in [-0.05, 0) is 55.7 Å². The van der Waals surface area contributed by atoms with Gasteiger partial charge in [-0.15, -0.1) is 0 Å². The Morgan fingerprint density at radius 2 is 1.69 bits per heavy atom. The highest BCUT2D eigenvalue weighted by Crippen LogP contribution is 2.39. The standard InChI is InChI=1S/C25H31F2NO4/c26-21-7-6-20(14-22(21)27)32-17-25(31)16-28(13-10-23(25)29)15-24(30)11-8-19(9-12-24)18-4-2-1-3-5-18/h1-7,14,19,23,29-31H,8-13,15-17H2/t19?,23-,24?,25-/m0/s1. The molecule has 0 bridgehead atoms. The summed E-state index contributed by atoms with van der Waals surface area (Å²) in [4.78, 5) is 1.96. The van der Waals surface area contributed by atoms with Gasteiger partial charge in [0.05, 0.1) is 11.7 Å². The van der Waals surface area contributed by atoms with E-state index in [9.17, 15) is 24.1 Å². The Morgan fingerprint density at radius 1 is 0.969 bits per heavy atom. The van der Waals surface area contributed by atoms with E-state index in [1.807, 2.05) is 23.1 Å². The van der Waals surface area contributed by atoms with Crippen molar-refractivity contribution in [1.82, 2.24) is 4.90 Å². The molecule has 7 heteroatoms. The molecule has 1 aliphatic carbocycles. The van der Waals surface area contributed by atoms with Crippen LogP contribution in [0.5, 0.6) is 5.75 Å². The van der Waals surface area contributed by atoms with Crippen molar-refractivity contribution in [3.63, 3.8) is 0 Å². The van der Waals surface area contributed by atoms with Gasteiger partial charge in [-0.3, -0.25) is 4.90 Å². The van der Waals surface area contributed by atoms with Crippen molar-refractivity contribution in [2.45, 2.75) is 55.3 Å². The molecular weight excluding hydrogens is 416 g/mol. The molecular formula is C25H31F2NO4. The zero-order valence-electron chi connectivity index (χ0n) is 18.1. The number of benzene rings is 2. The molecule has 3 N–H and O–H groups in total. The van der Waals surface area contributed by atoms with Gasteiger partial charge in [0.2, 0.25) is 0 Å². The van der Waals surface area contributed by atoms with E-state index in [1.54, 1.807) is 0 Å². The van der Waals surface area contributed by atoms with Crippen molar-refractivity contribution in [2.24, 2.45) is 0 Å². The minimum atomic E-state index is -1.57. The quantitative estimate of drug-likeness (QED) is 0.634. The van der Waals surface area contributed by atoms with Crippen molar-refractivity contribution in [1.29, 1.82) is 0 Å². The lowest BCUT2D eigenvalue weighted by atomic mass is 9.75. The lowest BCUT2D eigenvalue weighted by molar-refractivity contribution is -0.150. The maximum atomic E-state index is 13.4. The van der Waals surface area contributed by atoms with E-state index in [2.05, 4.69) is 12.1 Å². The Balaban J connectivity index is 1.34. The van der Waals surface area contributed by atoms with Crippen LogP contribution in [-0.4, -0.2) is 63.8 Å². The van der Waals surface area contributed by atoms with E-state index in [1.165, 1.54) is 11.6 Å². The fraction of sp³-hybridized carbons (Fsp3) is 0.520. The fourth-order valence-corrected chi connectivity index (χ4v) is 4.98. The van der Waals surface area contributed by atoms with Crippen molar-refractivity contribution in [3.05, 3.63) is 65.7 Å². The molecule has 0 spiro atoms. The monoisotopic (exact) mass is 447 g/mol. The summed E-state index contributed by atoms with van der Waals surface area (Å²) in [7, 11) is 0. The molecule has 0 radical (unpaired) electrons. The second-order valence-electron chi connectivity index (χ2n) is 9.39. The molecule has 5 nitrogen and oxygen atoms in total. The second-order valence-corrected chi connectivity index (χ2v) is 9.39. The number of halogens is 2. The molecule has 2 aromatic rings. The van der Waals surface area contributed by atoms with Gasteiger partial charge >= 0.3 is 0 Å². The number of rotatable bonds is 6. The minimum absolute atomic E-state index is 0.0829. The van der Waals surface area contributed by atoms with E-state index in [-0.39, 0.29) is 18.9 Å². The third kappa shape index (κ3) is 5.29. The Kier molecular flexibility index (Phi) is 6.81. The number of likely N-dealkylation sites (tertiary alicyclic amines) is 1. The van der Waals surface area contributed by atoms with Crippen LogP contribution < -0.4 is 4.74 Å². The molecule has 2 aliphatic rings. The third-order valence-corrected chi connectivity index (χ3v) is 6.92. The molecule has 32 heavy (non-hydrogen) atoms. The normalized spacial score (nSPS) is 31.4. The molecule has 2 fully saturated rings. The summed E-state index contributed by atoms with van der Waals surface area (Å²) in [6.45, 7) is 0.834. The molecule has 4 rings (SSSR count). The Bertz CT molecular complexity index is 904. The van der Waals surface area contributed by atoms with Crippen molar-refractivity contribution < 1.29 is 28.8 Å². The molecule has 1 aliphatic heterocycles. The number of ether oxygens (including phenoxy) is 1. The average Bonchev–Trinajstić information content (AvgIpc) is 2.78. The number of hydrogen-bond donors (Lipinski definition) is 3. The van der Waals surface area contributed by atoms with Crippen LogP contribution in [0.3, 0.4) is 0 Å². The van der Waals surface area contributed by atoms with Crippen LogP contribution in [0.4, 0.5) is 8.78 Å². The van der Waals surface area contributed by atoms with Crippen molar-refractivity contribution >= 4 is 0 Å². The minimum Gasteiger partial charge on any atom is -0.490 e. The van der Waals surface area contributed by atoms with E-state index in [4.69, 9.17) is 4.74 Å².